The van der Waals surface area contributed by atoms with Crippen molar-refractivity contribution in [3.05, 3.63) is 11.3 Å². The molecule has 1 aliphatic rings. The maximum absolute atomic E-state index is 6.21. The maximum atomic E-state index is 6.21. The van der Waals surface area contributed by atoms with Crippen LogP contribution in [0, 0.1) is 13.8 Å². The predicted molar refractivity (Wildman–Crippen MR) is 102 cm³/mol. The van der Waals surface area contributed by atoms with Crippen molar-refractivity contribution in [2.75, 3.05) is 6.61 Å². The van der Waals surface area contributed by atoms with Crippen molar-refractivity contribution < 1.29 is 14.0 Å². The zero-order valence-corrected chi connectivity index (χ0v) is 17.8. The van der Waals surface area contributed by atoms with Gasteiger partial charge in [0.2, 0.25) is 0 Å². The summed E-state index contributed by atoms with van der Waals surface area (Å²) in [5, 5.41) is 4.63. The molecule has 2 heterocycles. The van der Waals surface area contributed by atoms with Crippen molar-refractivity contribution in [3.8, 4) is 0 Å². The first-order valence-electron chi connectivity index (χ1n) is 8.81. The summed E-state index contributed by atoms with van der Waals surface area (Å²) in [6.07, 6.45) is 0. The van der Waals surface area contributed by atoms with E-state index < -0.39 is 15.2 Å². The Morgan fingerprint density at radius 2 is 1.62 bits per heavy atom. The van der Waals surface area contributed by atoms with Crippen LogP contribution >= 0.6 is 0 Å². The minimum absolute atomic E-state index is 0.355. The van der Waals surface area contributed by atoms with Gasteiger partial charge in [0.25, 0.3) is 0 Å². The van der Waals surface area contributed by atoms with Crippen LogP contribution in [0.2, 0.25) is 25.7 Å². The molecule has 7 heteroatoms. The molecule has 1 aromatic heterocycles. The maximum Gasteiger partial charge on any atom is 0.514 e. The van der Waals surface area contributed by atoms with Gasteiger partial charge in [-0.25, -0.2) is 4.68 Å². The summed E-state index contributed by atoms with van der Waals surface area (Å²) in [7, 11) is -1.49. The molecule has 136 valence electrons. The van der Waals surface area contributed by atoms with Gasteiger partial charge in [-0.15, -0.1) is 0 Å². The third-order valence-corrected chi connectivity index (χ3v) is 6.87. The van der Waals surface area contributed by atoms with Crippen LogP contribution in [-0.4, -0.2) is 42.8 Å². The van der Waals surface area contributed by atoms with Gasteiger partial charge in [0, 0.05) is 14.7 Å². The molecule has 1 aromatic rings. The Hall–Kier alpha value is -0.628. The summed E-state index contributed by atoms with van der Waals surface area (Å²) in [6.45, 7) is 20.7. The molecule has 0 saturated carbocycles. The highest BCUT2D eigenvalue weighted by atomic mass is 28.3. The molecule has 0 atom stereocenters. The molecule has 1 fully saturated rings. The fourth-order valence-corrected chi connectivity index (χ4v) is 3.33. The standard InChI is InChI=1S/C17H33BN2O3Si/c1-13-14(2)19-20(12-21-10-11-24(7,8)9)15(13)18-22-16(3,4)17(5,6)23-18/h10-12H2,1-9H3. The second-order valence-electron chi connectivity index (χ2n) is 9.03. The van der Waals surface area contributed by atoms with Crippen LogP contribution in [0.25, 0.3) is 0 Å². The van der Waals surface area contributed by atoms with E-state index in [1.165, 1.54) is 0 Å². The van der Waals surface area contributed by atoms with Crippen molar-refractivity contribution in [2.24, 2.45) is 0 Å². The van der Waals surface area contributed by atoms with Crippen LogP contribution in [0.15, 0.2) is 0 Å². The molecule has 0 spiro atoms. The predicted octanol–water partition coefficient (Wildman–Crippen LogP) is 3.11. The highest BCUT2D eigenvalue weighted by Gasteiger charge is 2.53. The lowest BCUT2D eigenvalue weighted by atomic mass is 9.81. The van der Waals surface area contributed by atoms with Crippen LogP contribution < -0.4 is 5.59 Å². The van der Waals surface area contributed by atoms with Gasteiger partial charge in [0.15, 0.2) is 0 Å². The Labute approximate surface area is 148 Å². The number of ether oxygens (including phenoxy) is 1. The lowest BCUT2D eigenvalue weighted by Crippen LogP contribution is -2.41. The summed E-state index contributed by atoms with van der Waals surface area (Å²) >= 11 is 0. The van der Waals surface area contributed by atoms with E-state index in [9.17, 15) is 0 Å². The highest BCUT2D eigenvalue weighted by molar-refractivity contribution is 6.76. The number of hydrogen-bond donors (Lipinski definition) is 0. The van der Waals surface area contributed by atoms with E-state index in [0.29, 0.717) is 6.73 Å². The first kappa shape index (κ1) is 19.7. The van der Waals surface area contributed by atoms with Crippen molar-refractivity contribution in [3.63, 3.8) is 0 Å². The third kappa shape index (κ3) is 4.12. The molecule has 0 radical (unpaired) electrons. The monoisotopic (exact) mass is 352 g/mol. The Kier molecular flexibility index (Phi) is 5.41. The Morgan fingerprint density at radius 1 is 1.08 bits per heavy atom. The molecule has 0 amide bonds. The van der Waals surface area contributed by atoms with Gasteiger partial charge in [0.05, 0.1) is 22.5 Å². The fraction of sp³-hybridized carbons (Fsp3) is 0.824. The normalized spacial score (nSPS) is 20.0. The number of aryl methyl sites for hydroxylation is 1. The van der Waals surface area contributed by atoms with Gasteiger partial charge in [-0.3, -0.25) is 0 Å². The average Bonchev–Trinajstić information content (AvgIpc) is 2.78. The van der Waals surface area contributed by atoms with Gasteiger partial charge >= 0.3 is 7.12 Å². The van der Waals surface area contributed by atoms with E-state index in [0.717, 1.165) is 29.5 Å². The van der Waals surface area contributed by atoms with Crippen LogP contribution in [0.1, 0.15) is 39.0 Å². The van der Waals surface area contributed by atoms with E-state index in [2.05, 4.69) is 59.4 Å². The lowest BCUT2D eigenvalue weighted by Gasteiger charge is -2.32. The number of aromatic nitrogens is 2. The summed E-state index contributed by atoms with van der Waals surface area (Å²) in [6, 6.07) is 1.15. The molecule has 0 N–H and O–H groups in total. The first-order chi connectivity index (χ1) is 10.8. The Morgan fingerprint density at radius 3 is 2.12 bits per heavy atom. The van der Waals surface area contributed by atoms with Crippen molar-refractivity contribution in [1.82, 2.24) is 9.78 Å². The molecule has 5 nitrogen and oxygen atoms in total. The smallest absolute Gasteiger partial charge is 0.398 e. The molecule has 0 aliphatic carbocycles. The van der Waals surface area contributed by atoms with Gasteiger partial charge < -0.3 is 14.0 Å². The van der Waals surface area contributed by atoms with E-state index in [-0.39, 0.29) is 11.2 Å². The van der Waals surface area contributed by atoms with Gasteiger partial charge in [-0.2, -0.15) is 5.10 Å². The Bertz CT molecular complexity index is 577. The molecular formula is C17H33BN2O3Si. The highest BCUT2D eigenvalue weighted by Crippen LogP contribution is 2.36. The lowest BCUT2D eigenvalue weighted by molar-refractivity contribution is 0.00578. The number of nitrogens with zero attached hydrogens (tertiary/aromatic N) is 2. The number of rotatable bonds is 6. The topological polar surface area (TPSA) is 45.5 Å². The van der Waals surface area contributed by atoms with Crippen LogP contribution in [0.4, 0.5) is 0 Å². The van der Waals surface area contributed by atoms with Gasteiger partial charge in [-0.05, 0) is 53.1 Å². The molecule has 0 unspecified atom stereocenters. The van der Waals surface area contributed by atoms with Crippen molar-refractivity contribution in [2.45, 2.75) is 85.2 Å². The van der Waals surface area contributed by atoms with Crippen molar-refractivity contribution >= 4 is 20.8 Å². The van der Waals surface area contributed by atoms with Crippen molar-refractivity contribution in [1.29, 1.82) is 0 Å². The zero-order valence-electron chi connectivity index (χ0n) is 16.8. The molecule has 0 bridgehead atoms. The second kappa shape index (κ2) is 6.59. The van der Waals surface area contributed by atoms with Gasteiger partial charge in [0.1, 0.15) is 6.73 Å². The minimum atomic E-state index is -1.08. The molecule has 24 heavy (non-hydrogen) atoms. The molecule has 2 rings (SSSR count). The summed E-state index contributed by atoms with van der Waals surface area (Å²) in [4.78, 5) is 0. The molecular weight excluding hydrogens is 319 g/mol. The van der Waals surface area contributed by atoms with E-state index >= 15 is 0 Å². The summed E-state index contributed by atoms with van der Waals surface area (Å²) < 4.78 is 20.2. The molecule has 1 aliphatic heterocycles. The molecule has 1 saturated heterocycles. The largest absolute Gasteiger partial charge is 0.514 e. The number of hydrogen-bond acceptors (Lipinski definition) is 4. The minimum Gasteiger partial charge on any atom is -0.398 e. The van der Waals surface area contributed by atoms with E-state index in [1.54, 1.807) is 0 Å². The summed E-state index contributed by atoms with van der Waals surface area (Å²) in [5.41, 5.74) is 2.37. The average molecular weight is 352 g/mol. The summed E-state index contributed by atoms with van der Waals surface area (Å²) in [5.74, 6) is 0. The SMILES string of the molecule is Cc1nn(COCC[Si](C)(C)C)c(B2OC(C)(C)C(C)(C)O2)c1C. The molecule has 0 aromatic carbocycles. The van der Waals surface area contributed by atoms with E-state index in [4.69, 9.17) is 14.0 Å². The first-order valence-corrected chi connectivity index (χ1v) is 12.5. The Balaban J connectivity index is 2.14. The van der Waals surface area contributed by atoms with Crippen LogP contribution in [0.3, 0.4) is 0 Å². The van der Waals surface area contributed by atoms with Crippen LogP contribution in [-0.2, 0) is 20.8 Å². The van der Waals surface area contributed by atoms with Crippen LogP contribution in [0.5, 0.6) is 0 Å². The van der Waals surface area contributed by atoms with Gasteiger partial charge in [-0.1, -0.05) is 19.6 Å². The van der Waals surface area contributed by atoms with E-state index in [1.807, 2.05) is 11.6 Å². The quantitative estimate of drug-likeness (QED) is 0.583. The fourth-order valence-electron chi connectivity index (χ4n) is 2.57. The zero-order chi connectivity index (χ0) is 18.3. The second-order valence-corrected chi connectivity index (χ2v) is 14.7. The third-order valence-electron chi connectivity index (χ3n) is 5.16.